The summed E-state index contributed by atoms with van der Waals surface area (Å²) in [6.07, 6.45) is 4.37. The summed E-state index contributed by atoms with van der Waals surface area (Å²) in [4.78, 5) is 12.4. The van der Waals surface area contributed by atoms with Gasteiger partial charge in [0.05, 0.1) is 19.8 Å². The molecular weight excluding hydrogens is 326 g/mol. The van der Waals surface area contributed by atoms with Crippen LogP contribution in [0, 0.1) is 5.92 Å². The molecule has 1 aliphatic rings. The van der Waals surface area contributed by atoms with Crippen LogP contribution < -0.4 is 14.8 Å². The molecule has 0 fully saturated rings. The highest BCUT2D eigenvalue weighted by Crippen LogP contribution is 2.26. The van der Waals surface area contributed by atoms with E-state index in [0.717, 1.165) is 35.7 Å². The first-order valence-electron chi connectivity index (χ1n) is 8.95. The van der Waals surface area contributed by atoms with Crippen LogP contribution in [0.5, 0.6) is 11.5 Å². The summed E-state index contributed by atoms with van der Waals surface area (Å²) in [6.45, 7) is 4.93. The zero-order valence-corrected chi connectivity index (χ0v) is 15.5. The number of benzene rings is 2. The van der Waals surface area contributed by atoms with E-state index in [1.807, 2.05) is 42.5 Å². The van der Waals surface area contributed by atoms with E-state index in [0.29, 0.717) is 0 Å². The zero-order chi connectivity index (χ0) is 18.5. The fraction of sp³-hybridized carbons (Fsp3) is 0.318. The van der Waals surface area contributed by atoms with Crippen LogP contribution in [-0.2, 0) is 11.2 Å². The highest BCUT2D eigenvalue weighted by Gasteiger charge is 2.17. The molecule has 1 heterocycles. The minimum Gasteiger partial charge on any atom is -0.497 e. The third-order valence-electron chi connectivity index (χ3n) is 4.58. The average molecular weight is 351 g/mol. The standard InChI is InChI=1S/C22H25NO3/c1-15(2)22(17-6-8-19(25-3)9-7-17)23-21(24)11-5-16-4-10-20-18(14-16)12-13-26-20/h4-11,14-15,22H,12-13H2,1-3H3,(H,23,24). The quantitative estimate of drug-likeness (QED) is 0.795. The largest absolute Gasteiger partial charge is 0.497 e. The van der Waals surface area contributed by atoms with Crippen molar-refractivity contribution < 1.29 is 14.3 Å². The maximum atomic E-state index is 12.4. The molecule has 2 aromatic carbocycles. The molecule has 4 nitrogen and oxygen atoms in total. The number of hydrogen-bond acceptors (Lipinski definition) is 3. The van der Waals surface area contributed by atoms with Gasteiger partial charge < -0.3 is 14.8 Å². The molecule has 0 aliphatic carbocycles. The van der Waals surface area contributed by atoms with Gasteiger partial charge in [-0.1, -0.05) is 32.0 Å². The van der Waals surface area contributed by atoms with Crippen molar-refractivity contribution in [2.45, 2.75) is 26.3 Å². The summed E-state index contributed by atoms with van der Waals surface area (Å²) < 4.78 is 10.7. The lowest BCUT2D eigenvalue weighted by Crippen LogP contribution is -2.30. The van der Waals surface area contributed by atoms with Crippen LogP contribution in [0.1, 0.15) is 36.6 Å². The second kappa shape index (κ2) is 8.09. The van der Waals surface area contributed by atoms with Gasteiger partial charge in [-0.3, -0.25) is 4.79 Å². The van der Waals surface area contributed by atoms with E-state index in [2.05, 4.69) is 25.2 Å². The predicted octanol–water partition coefficient (Wildman–Crippen LogP) is 4.16. The molecule has 1 amide bonds. The molecule has 26 heavy (non-hydrogen) atoms. The van der Waals surface area contributed by atoms with Gasteiger partial charge >= 0.3 is 0 Å². The summed E-state index contributed by atoms with van der Waals surface area (Å²) in [5, 5.41) is 3.10. The maximum Gasteiger partial charge on any atom is 0.244 e. The van der Waals surface area contributed by atoms with E-state index in [9.17, 15) is 4.79 Å². The fourth-order valence-corrected chi connectivity index (χ4v) is 3.13. The molecule has 0 aromatic heterocycles. The lowest BCUT2D eigenvalue weighted by atomic mass is 9.96. The van der Waals surface area contributed by atoms with Crippen molar-refractivity contribution in [3.8, 4) is 11.5 Å². The summed E-state index contributed by atoms with van der Waals surface area (Å²) in [7, 11) is 1.65. The minimum atomic E-state index is -0.101. The van der Waals surface area contributed by atoms with Crippen molar-refractivity contribution in [2.24, 2.45) is 5.92 Å². The van der Waals surface area contributed by atoms with E-state index < -0.39 is 0 Å². The van der Waals surface area contributed by atoms with Gasteiger partial charge in [0.15, 0.2) is 0 Å². The monoisotopic (exact) mass is 351 g/mol. The topological polar surface area (TPSA) is 47.6 Å². The Balaban J connectivity index is 1.67. The molecule has 0 bridgehead atoms. The smallest absolute Gasteiger partial charge is 0.244 e. The Kier molecular flexibility index (Phi) is 5.61. The molecule has 0 saturated heterocycles. The van der Waals surface area contributed by atoms with E-state index in [1.54, 1.807) is 13.2 Å². The van der Waals surface area contributed by atoms with Gasteiger partial charge in [-0.05, 0) is 52.9 Å². The lowest BCUT2D eigenvalue weighted by Gasteiger charge is -2.22. The van der Waals surface area contributed by atoms with Gasteiger partial charge in [-0.2, -0.15) is 0 Å². The number of rotatable bonds is 6. The molecule has 4 heteroatoms. The molecule has 0 radical (unpaired) electrons. The van der Waals surface area contributed by atoms with Crippen LogP contribution >= 0.6 is 0 Å². The number of methoxy groups -OCH3 is 1. The number of nitrogens with one attached hydrogen (secondary N) is 1. The van der Waals surface area contributed by atoms with Gasteiger partial charge in [-0.25, -0.2) is 0 Å². The molecule has 0 saturated carbocycles. The molecule has 1 aliphatic heterocycles. The molecule has 1 atom stereocenters. The Hall–Kier alpha value is -2.75. The second-order valence-electron chi connectivity index (χ2n) is 6.80. The maximum absolute atomic E-state index is 12.4. The van der Waals surface area contributed by atoms with Crippen molar-refractivity contribution in [1.29, 1.82) is 0 Å². The number of hydrogen-bond donors (Lipinski definition) is 1. The number of amides is 1. The predicted molar refractivity (Wildman–Crippen MR) is 103 cm³/mol. The minimum absolute atomic E-state index is 0.0496. The van der Waals surface area contributed by atoms with Crippen molar-refractivity contribution in [3.05, 3.63) is 65.2 Å². The Morgan fingerprint density at radius 2 is 1.96 bits per heavy atom. The molecule has 1 N–H and O–H groups in total. The SMILES string of the molecule is COc1ccc(C(NC(=O)C=Cc2ccc3c(c2)CCO3)C(C)C)cc1. The summed E-state index contributed by atoms with van der Waals surface area (Å²) in [5.74, 6) is 1.93. The van der Waals surface area contributed by atoms with Crippen LogP contribution in [0.4, 0.5) is 0 Å². The Morgan fingerprint density at radius 3 is 2.65 bits per heavy atom. The summed E-state index contributed by atoms with van der Waals surface area (Å²) >= 11 is 0. The van der Waals surface area contributed by atoms with E-state index in [-0.39, 0.29) is 17.9 Å². The van der Waals surface area contributed by atoms with Crippen LogP contribution in [-0.4, -0.2) is 19.6 Å². The number of carbonyl (C=O) groups excluding carboxylic acids is 1. The Labute approximate surface area is 154 Å². The number of fused-ring (bicyclic) bond motifs is 1. The molecule has 3 rings (SSSR count). The van der Waals surface area contributed by atoms with E-state index in [1.165, 1.54) is 5.56 Å². The van der Waals surface area contributed by atoms with E-state index >= 15 is 0 Å². The first-order valence-corrected chi connectivity index (χ1v) is 8.95. The van der Waals surface area contributed by atoms with Crippen molar-refractivity contribution >= 4 is 12.0 Å². The number of ether oxygens (including phenoxy) is 2. The second-order valence-corrected chi connectivity index (χ2v) is 6.80. The Morgan fingerprint density at radius 1 is 1.19 bits per heavy atom. The highest BCUT2D eigenvalue weighted by molar-refractivity contribution is 5.92. The molecule has 2 aromatic rings. The van der Waals surface area contributed by atoms with Crippen LogP contribution in [0.15, 0.2) is 48.5 Å². The van der Waals surface area contributed by atoms with Gasteiger partial charge in [0, 0.05) is 12.5 Å². The van der Waals surface area contributed by atoms with Gasteiger partial charge in [0.25, 0.3) is 0 Å². The zero-order valence-electron chi connectivity index (χ0n) is 15.5. The van der Waals surface area contributed by atoms with Crippen molar-refractivity contribution in [2.75, 3.05) is 13.7 Å². The summed E-state index contributed by atoms with van der Waals surface area (Å²) in [6, 6.07) is 13.8. The first kappa shape index (κ1) is 18.1. The van der Waals surface area contributed by atoms with Crippen molar-refractivity contribution in [1.82, 2.24) is 5.32 Å². The van der Waals surface area contributed by atoms with Gasteiger partial charge in [0.2, 0.25) is 5.91 Å². The molecule has 0 spiro atoms. The fourth-order valence-electron chi connectivity index (χ4n) is 3.13. The Bertz CT molecular complexity index is 794. The van der Waals surface area contributed by atoms with Crippen LogP contribution in [0.3, 0.4) is 0 Å². The van der Waals surface area contributed by atoms with Crippen LogP contribution in [0.25, 0.3) is 6.08 Å². The molecule has 136 valence electrons. The third kappa shape index (κ3) is 4.26. The van der Waals surface area contributed by atoms with Gasteiger partial charge in [0.1, 0.15) is 11.5 Å². The average Bonchev–Trinajstić information content (AvgIpc) is 3.12. The first-order chi connectivity index (χ1) is 12.6. The van der Waals surface area contributed by atoms with Gasteiger partial charge in [-0.15, -0.1) is 0 Å². The van der Waals surface area contributed by atoms with E-state index in [4.69, 9.17) is 9.47 Å². The molecular formula is C22H25NO3. The van der Waals surface area contributed by atoms with Crippen molar-refractivity contribution in [3.63, 3.8) is 0 Å². The number of carbonyl (C=O) groups is 1. The normalized spacial score (nSPS) is 14.2. The van der Waals surface area contributed by atoms with Crippen LogP contribution in [0.2, 0.25) is 0 Å². The highest BCUT2D eigenvalue weighted by atomic mass is 16.5. The molecule has 1 unspecified atom stereocenters. The summed E-state index contributed by atoms with van der Waals surface area (Å²) in [5.41, 5.74) is 3.28. The lowest BCUT2D eigenvalue weighted by molar-refractivity contribution is -0.117. The third-order valence-corrected chi connectivity index (χ3v) is 4.58.